The van der Waals surface area contributed by atoms with Crippen LogP contribution in [-0.2, 0) is 0 Å². The lowest BCUT2D eigenvalue weighted by molar-refractivity contribution is 0.352. The van der Waals surface area contributed by atoms with E-state index in [1.54, 1.807) is 10.6 Å². The molecule has 8 heteroatoms. The number of aryl methyl sites for hydroxylation is 1. The Morgan fingerprint density at radius 1 is 1.06 bits per heavy atom. The second-order valence-electron chi connectivity index (χ2n) is 8.18. The van der Waals surface area contributed by atoms with Crippen molar-refractivity contribution < 1.29 is 5.11 Å². The van der Waals surface area contributed by atoms with Crippen LogP contribution in [-0.4, -0.2) is 62.3 Å². The molecule has 0 aliphatic carbocycles. The van der Waals surface area contributed by atoms with Crippen LogP contribution in [0.15, 0.2) is 58.4 Å². The molecule has 32 heavy (non-hydrogen) atoms. The number of nitrogens with zero attached hydrogens (tertiary/aromatic N) is 6. The van der Waals surface area contributed by atoms with Gasteiger partial charge in [-0.15, -0.1) is 10.2 Å². The highest BCUT2D eigenvalue weighted by Gasteiger charge is 2.19. The lowest BCUT2D eigenvalue weighted by atomic mass is 9.99. The zero-order chi connectivity index (χ0) is 22.1. The highest BCUT2D eigenvalue weighted by molar-refractivity contribution is 6.12. The van der Waals surface area contributed by atoms with Crippen LogP contribution >= 0.6 is 0 Å². The summed E-state index contributed by atoms with van der Waals surface area (Å²) in [6, 6.07) is 9.59. The number of amidine groups is 1. The number of hydrogen-bond acceptors (Lipinski definition) is 7. The summed E-state index contributed by atoms with van der Waals surface area (Å²) in [5, 5.41) is 27.8. The topological polar surface area (TPSA) is 90.4 Å². The van der Waals surface area contributed by atoms with E-state index in [2.05, 4.69) is 43.5 Å². The molecule has 1 fully saturated rings. The quantitative estimate of drug-likeness (QED) is 0.668. The highest BCUT2D eigenvalue weighted by Crippen LogP contribution is 2.29. The summed E-state index contributed by atoms with van der Waals surface area (Å²) in [5.74, 6) is 1.91. The summed E-state index contributed by atoms with van der Waals surface area (Å²) in [4.78, 5) is 6.67. The summed E-state index contributed by atoms with van der Waals surface area (Å²) < 4.78 is 1.76. The minimum Gasteiger partial charge on any atom is -0.507 e. The van der Waals surface area contributed by atoms with Crippen LogP contribution in [0.5, 0.6) is 5.75 Å². The maximum Gasteiger partial charge on any atom is 0.155 e. The van der Waals surface area contributed by atoms with Gasteiger partial charge in [0, 0.05) is 49.9 Å². The molecule has 1 aromatic carbocycles. The number of hydrogen-bond donors (Lipinski definition) is 2. The number of phenolic OH excluding ortho intramolecular Hbond substituents is 1. The van der Waals surface area contributed by atoms with E-state index in [0.29, 0.717) is 11.3 Å². The highest BCUT2D eigenvalue weighted by atomic mass is 16.3. The van der Waals surface area contributed by atoms with Gasteiger partial charge in [0.05, 0.1) is 5.71 Å². The number of pyridine rings is 1. The maximum absolute atomic E-state index is 10.9. The molecule has 0 unspecified atom stereocenters. The number of allylic oxidation sites excluding steroid dienone is 1. The number of piperazine rings is 1. The average molecular weight is 430 g/mol. The smallest absolute Gasteiger partial charge is 0.155 e. The number of aromatic nitrogens is 3. The van der Waals surface area contributed by atoms with Gasteiger partial charge in [-0.2, -0.15) is 5.10 Å². The fourth-order valence-electron chi connectivity index (χ4n) is 4.17. The summed E-state index contributed by atoms with van der Waals surface area (Å²) >= 11 is 0. The fourth-order valence-corrected chi connectivity index (χ4v) is 4.17. The van der Waals surface area contributed by atoms with E-state index in [0.717, 1.165) is 67.5 Å². The van der Waals surface area contributed by atoms with Gasteiger partial charge in [0.25, 0.3) is 0 Å². The van der Waals surface area contributed by atoms with Crippen LogP contribution in [0.4, 0.5) is 0 Å². The molecule has 2 aliphatic heterocycles. The van der Waals surface area contributed by atoms with E-state index in [1.807, 2.05) is 37.4 Å². The largest absolute Gasteiger partial charge is 0.507 e. The summed E-state index contributed by atoms with van der Waals surface area (Å²) in [7, 11) is 0. The fraction of sp³-hybridized carbons (Fsp3) is 0.333. The number of rotatable bonds is 3. The molecule has 2 N–H and O–H groups in total. The van der Waals surface area contributed by atoms with Gasteiger partial charge in [0.15, 0.2) is 5.65 Å². The van der Waals surface area contributed by atoms with E-state index in [4.69, 9.17) is 0 Å². The third-order valence-electron chi connectivity index (χ3n) is 5.98. The van der Waals surface area contributed by atoms with Gasteiger partial charge in [-0.3, -0.25) is 0 Å². The lowest BCUT2D eigenvalue weighted by Crippen LogP contribution is -2.46. The third-order valence-corrected chi connectivity index (χ3v) is 5.98. The second-order valence-corrected chi connectivity index (χ2v) is 8.18. The molecule has 1 saturated heterocycles. The predicted octanol–water partition coefficient (Wildman–Crippen LogP) is 3.16. The minimum atomic E-state index is 0.184. The van der Waals surface area contributed by atoms with Crippen molar-refractivity contribution in [3.05, 3.63) is 59.6 Å². The van der Waals surface area contributed by atoms with Crippen LogP contribution < -0.4 is 5.32 Å². The molecule has 2 aromatic heterocycles. The van der Waals surface area contributed by atoms with Crippen molar-refractivity contribution in [1.82, 2.24) is 24.8 Å². The molecule has 3 aromatic rings. The van der Waals surface area contributed by atoms with Crippen LogP contribution in [0.1, 0.15) is 31.2 Å². The number of phenols is 1. The van der Waals surface area contributed by atoms with Crippen LogP contribution in [0.25, 0.3) is 16.8 Å². The Balaban J connectivity index is 1.47. The van der Waals surface area contributed by atoms with Gasteiger partial charge < -0.3 is 15.3 Å². The number of fused-ring (bicyclic) bond motifs is 1. The third kappa shape index (κ3) is 4.01. The van der Waals surface area contributed by atoms with Gasteiger partial charge in [-0.1, -0.05) is 18.6 Å². The van der Waals surface area contributed by atoms with Crippen LogP contribution in [0, 0.1) is 6.92 Å². The van der Waals surface area contributed by atoms with Crippen molar-refractivity contribution >= 4 is 17.2 Å². The number of nitrogens with one attached hydrogen (secondary N) is 1. The zero-order valence-corrected chi connectivity index (χ0v) is 18.4. The first-order valence-corrected chi connectivity index (χ1v) is 11.1. The zero-order valence-electron chi connectivity index (χ0n) is 18.4. The summed E-state index contributed by atoms with van der Waals surface area (Å²) in [6.07, 6.45) is 5.70. The van der Waals surface area contributed by atoms with Crippen LogP contribution in [0.2, 0.25) is 0 Å². The van der Waals surface area contributed by atoms with Gasteiger partial charge in [0.2, 0.25) is 0 Å². The van der Waals surface area contributed by atoms with Gasteiger partial charge in [-0.25, -0.2) is 9.50 Å². The monoisotopic (exact) mass is 429 g/mol. The Labute approximate surface area is 187 Å². The van der Waals surface area contributed by atoms with Gasteiger partial charge in [0.1, 0.15) is 17.4 Å². The average Bonchev–Trinajstić information content (AvgIpc) is 3.05. The molecule has 0 saturated carbocycles. The van der Waals surface area contributed by atoms with E-state index in [-0.39, 0.29) is 5.75 Å². The Morgan fingerprint density at radius 3 is 2.66 bits per heavy atom. The molecular formula is C24H27N7O. The molecule has 0 spiro atoms. The Hall–Kier alpha value is -3.52. The minimum absolute atomic E-state index is 0.184. The van der Waals surface area contributed by atoms with E-state index in [9.17, 15) is 5.11 Å². The van der Waals surface area contributed by atoms with E-state index < -0.39 is 0 Å². The Bertz CT molecular complexity index is 1250. The predicted molar refractivity (Wildman–Crippen MR) is 126 cm³/mol. The van der Waals surface area contributed by atoms with Crippen molar-refractivity contribution in [3.8, 4) is 16.9 Å². The first-order valence-electron chi connectivity index (χ1n) is 11.1. The molecule has 164 valence electrons. The first-order chi connectivity index (χ1) is 15.6. The molecule has 5 rings (SSSR count). The normalized spacial score (nSPS) is 17.1. The Kier molecular flexibility index (Phi) is 5.45. The molecule has 0 bridgehead atoms. The van der Waals surface area contributed by atoms with Crippen molar-refractivity contribution in [2.45, 2.75) is 26.7 Å². The van der Waals surface area contributed by atoms with Crippen molar-refractivity contribution in [2.75, 3.05) is 26.2 Å². The summed E-state index contributed by atoms with van der Waals surface area (Å²) in [6.45, 7) is 7.82. The lowest BCUT2D eigenvalue weighted by Gasteiger charge is -2.29. The molecule has 0 atom stereocenters. The second kappa shape index (κ2) is 8.55. The van der Waals surface area contributed by atoms with Gasteiger partial charge in [-0.05, 0) is 49.2 Å². The Morgan fingerprint density at radius 2 is 1.88 bits per heavy atom. The number of aromatic hydroxyl groups is 1. The molecule has 0 amide bonds. The van der Waals surface area contributed by atoms with E-state index >= 15 is 0 Å². The molecule has 0 radical (unpaired) electrons. The maximum atomic E-state index is 10.9. The molecule has 2 aliphatic rings. The van der Waals surface area contributed by atoms with Crippen LogP contribution in [0.3, 0.4) is 0 Å². The van der Waals surface area contributed by atoms with Crippen molar-refractivity contribution in [1.29, 1.82) is 0 Å². The standard InChI is InChI=1S/C24H27N7O/c1-3-17-12-21(27-28-24(13-17)30-10-8-25-9-11-30)20-6-4-18(14-22(20)32)19-5-7-23-26-16(2)29-31(23)15-19/h4-7,12,14-15,25,32H,3,8-11,13H2,1-2H3. The van der Waals surface area contributed by atoms with Crippen molar-refractivity contribution in [2.24, 2.45) is 10.2 Å². The molecule has 8 nitrogen and oxygen atoms in total. The summed E-state index contributed by atoms with van der Waals surface area (Å²) in [5.41, 5.74) is 5.29. The van der Waals surface area contributed by atoms with Crippen molar-refractivity contribution in [3.63, 3.8) is 0 Å². The SMILES string of the molecule is CCC1=CC(c2ccc(-c3ccc4nc(C)nn4c3)cc2O)=NN=C(N2CCNCC2)C1. The van der Waals surface area contributed by atoms with E-state index in [1.165, 1.54) is 5.57 Å². The molecular weight excluding hydrogens is 402 g/mol. The number of benzene rings is 1. The first kappa shape index (κ1) is 20.4. The molecule has 4 heterocycles. The van der Waals surface area contributed by atoms with Gasteiger partial charge >= 0.3 is 0 Å².